The molecule has 1 amide bonds. The standard InChI is InChI=1S/C10H13NO3/c1-3-14-10(12)11(13)9-7-5-4-6-8(9)2/h4-7,13H,3H2,1-2H3. The number of rotatable bonds is 2. The minimum Gasteiger partial charge on any atom is -0.448 e. The molecular weight excluding hydrogens is 182 g/mol. The first-order chi connectivity index (χ1) is 6.66. The summed E-state index contributed by atoms with van der Waals surface area (Å²) in [6.45, 7) is 3.73. The van der Waals surface area contributed by atoms with Gasteiger partial charge in [0.05, 0.1) is 12.3 Å². The number of ether oxygens (including phenoxy) is 1. The molecule has 76 valence electrons. The number of benzene rings is 1. The molecule has 1 N–H and O–H groups in total. The Morgan fingerprint density at radius 3 is 2.71 bits per heavy atom. The van der Waals surface area contributed by atoms with Crippen molar-refractivity contribution in [2.24, 2.45) is 0 Å². The summed E-state index contributed by atoms with van der Waals surface area (Å²) >= 11 is 0. The van der Waals surface area contributed by atoms with Crippen molar-refractivity contribution in [3.63, 3.8) is 0 Å². The molecule has 4 nitrogen and oxygen atoms in total. The summed E-state index contributed by atoms with van der Waals surface area (Å²) in [6, 6.07) is 7.02. The van der Waals surface area contributed by atoms with Crippen LogP contribution in [0, 0.1) is 6.92 Å². The molecular formula is C10H13NO3. The van der Waals surface area contributed by atoms with E-state index in [2.05, 4.69) is 4.74 Å². The Hall–Kier alpha value is -1.55. The zero-order chi connectivity index (χ0) is 10.6. The van der Waals surface area contributed by atoms with Gasteiger partial charge in [-0.1, -0.05) is 18.2 Å². The van der Waals surface area contributed by atoms with Crippen LogP contribution >= 0.6 is 0 Å². The third-order valence-corrected chi connectivity index (χ3v) is 1.78. The molecule has 0 heterocycles. The van der Waals surface area contributed by atoms with Gasteiger partial charge in [0.1, 0.15) is 0 Å². The van der Waals surface area contributed by atoms with Gasteiger partial charge in [-0.05, 0) is 25.5 Å². The molecule has 0 aliphatic carbocycles. The fourth-order valence-electron chi connectivity index (χ4n) is 1.08. The Bertz CT molecular complexity index is 325. The van der Waals surface area contributed by atoms with E-state index in [9.17, 15) is 10.0 Å². The van der Waals surface area contributed by atoms with Crippen LogP contribution < -0.4 is 5.06 Å². The number of hydroxylamine groups is 1. The quantitative estimate of drug-likeness (QED) is 0.582. The van der Waals surface area contributed by atoms with Crippen molar-refractivity contribution in [1.29, 1.82) is 0 Å². The van der Waals surface area contributed by atoms with Crippen molar-refractivity contribution in [2.45, 2.75) is 13.8 Å². The maximum atomic E-state index is 11.1. The Morgan fingerprint density at radius 2 is 2.14 bits per heavy atom. The van der Waals surface area contributed by atoms with Gasteiger partial charge in [0.15, 0.2) is 0 Å². The lowest BCUT2D eigenvalue weighted by molar-refractivity contribution is 0.125. The number of hydrogen-bond donors (Lipinski definition) is 1. The molecule has 0 bridgehead atoms. The number of amides is 1. The maximum absolute atomic E-state index is 11.1. The van der Waals surface area contributed by atoms with E-state index < -0.39 is 6.09 Å². The summed E-state index contributed by atoms with van der Waals surface area (Å²) in [5.74, 6) is 0. The molecule has 0 fully saturated rings. The lowest BCUT2D eigenvalue weighted by atomic mass is 10.2. The van der Waals surface area contributed by atoms with Crippen LogP contribution in [0.15, 0.2) is 24.3 Å². The predicted molar refractivity (Wildman–Crippen MR) is 52.5 cm³/mol. The summed E-state index contributed by atoms with van der Waals surface area (Å²) in [7, 11) is 0. The van der Waals surface area contributed by atoms with Crippen LogP contribution in [0.25, 0.3) is 0 Å². The Labute approximate surface area is 82.7 Å². The van der Waals surface area contributed by atoms with E-state index in [-0.39, 0.29) is 6.61 Å². The second kappa shape index (κ2) is 4.62. The molecule has 0 saturated heterocycles. The van der Waals surface area contributed by atoms with E-state index >= 15 is 0 Å². The molecule has 0 spiro atoms. The molecule has 0 saturated carbocycles. The Balaban J connectivity index is 2.84. The van der Waals surface area contributed by atoms with E-state index in [4.69, 9.17) is 0 Å². The zero-order valence-electron chi connectivity index (χ0n) is 8.23. The van der Waals surface area contributed by atoms with Gasteiger partial charge in [0.2, 0.25) is 0 Å². The molecule has 0 aliphatic heterocycles. The van der Waals surface area contributed by atoms with Crippen molar-refractivity contribution in [2.75, 3.05) is 11.7 Å². The third kappa shape index (κ3) is 2.23. The largest absolute Gasteiger partial charge is 0.448 e. The summed E-state index contributed by atoms with van der Waals surface area (Å²) in [5, 5.41) is 9.97. The lowest BCUT2D eigenvalue weighted by Gasteiger charge is -2.15. The third-order valence-electron chi connectivity index (χ3n) is 1.78. The van der Waals surface area contributed by atoms with Crippen LogP contribution in [0.3, 0.4) is 0 Å². The van der Waals surface area contributed by atoms with Crippen LogP contribution in [0.2, 0.25) is 0 Å². The first-order valence-corrected chi connectivity index (χ1v) is 4.38. The van der Waals surface area contributed by atoms with Crippen LogP contribution in [-0.2, 0) is 4.74 Å². The highest BCUT2D eigenvalue weighted by Gasteiger charge is 2.15. The Kier molecular flexibility index (Phi) is 3.48. The van der Waals surface area contributed by atoms with Gasteiger partial charge in [-0.2, -0.15) is 5.06 Å². The number of hydrogen-bond acceptors (Lipinski definition) is 3. The number of carbonyl (C=O) groups is 1. The summed E-state index contributed by atoms with van der Waals surface area (Å²) < 4.78 is 4.65. The van der Waals surface area contributed by atoms with Gasteiger partial charge >= 0.3 is 6.09 Å². The summed E-state index contributed by atoms with van der Waals surface area (Å²) in [4.78, 5) is 11.1. The van der Waals surface area contributed by atoms with Crippen LogP contribution in [0.4, 0.5) is 10.5 Å². The molecule has 1 aromatic rings. The highest BCUT2D eigenvalue weighted by Crippen LogP contribution is 2.17. The highest BCUT2D eigenvalue weighted by molar-refractivity contribution is 5.85. The van der Waals surface area contributed by atoms with Gasteiger partial charge in [0.25, 0.3) is 0 Å². The fourth-order valence-corrected chi connectivity index (χ4v) is 1.08. The second-order valence-corrected chi connectivity index (χ2v) is 2.80. The number of aryl methyl sites for hydroxylation is 1. The maximum Gasteiger partial charge on any atom is 0.438 e. The van der Waals surface area contributed by atoms with Gasteiger partial charge in [0, 0.05) is 0 Å². The second-order valence-electron chi connectivity index (χ2n) is 2.80. The van der Waals surface area contributed by atoms with Crippen LogP contribution in [0.1, 0.15) is 12.5 Å². The fraction of sp³-hybridized carbons (Fsp3) is 0.300. The number of anilines is 1. The summed E-state index contributed by atoms with van der Waals surface area (Å²) in [5.41, 5.74) is 1.24. The molecule has 4 heteroatoms. The monoisotopic (exact) mass is 195 g/mol. The molecule has 0 aliphatic rings. The molecule has 1 rings (SSSR count). The first kappa shape index (κ1) is 10.5. The van der Waals surface area contributed by atoms with E-state index in [0.29, 0.717) is 10.8 Å². The molecule has 14 heavy (non-hydrogen) atoms. The molecule has 0 unspecified atom stereocenters. The predicted octanol–water partition coefficient (Wildman–Crippen LogP) is 2.35. The van der Waals surface area contributed by atoms with E-state index in [0.717, 1.165) is 5.56 Å². The van der Waals surface area contributed by atoms with Crippen molar-refractivity contribution >= 4 is 11.8 Å². The van der Waals surface area contributed by atoms with Crippen molar-refractivity contribution < 1.29 is 14.7 Å². The van der Waals surface area contributed by atoms with Crippen molar-refractivity contribution in [1.82, 2.24) is 0 Å². The summed E-state index contributed by atoms with van der Waals surface area (Å²) in [6.07, 6.45) is -0.762. The minimum atomic E-state index is -0.762. The van der Waals surface area contributed by atoms with Crippen molar-refractivity contribution in [3.05, 3.63) is 29.8 Å². The molecule has 1 aromatic carbocycles. The van der Waals surface area contributed by atoms with Crippen molar-refractivity contribution in [3.8, 4) is 0 Å². The van der Waals surface area contributed by atoms with E-state index in [1.54, 1.807) is 32.0 Å². The lowest BCUT2D eigenvalue weighted by Crippen LogP contribution is -2.28. The van der Waals surface area contributed by atoms with Gasteiger partial charge in [-0.3, -0.25) is 5.21 Å². The first-order valence-electron chi connectivity index (χ1n) is 4.38. The molecule has 0 aromatic heterocycles. The molecule has 0 radical (unpaired) electrons. The Morgan fingerprint density at radius 1 is 1.50 bits per heavy atom. The van der Waals surface area contributed by atoms with Gasteiger partial charge in [-0.25, -0.2) is 4.79 Å². The topological polar surface area (TPSA) is 49.8 Å². The van der Waals surface area contributed by atoms with Crippen LogP contribution in [-0.4, -0.2) is 17.9 Å². The minimum absolute atomic E-state index is 0.238. The highest BCUT2D eigenvalue weighted by atomic mass is 16.6. The van der Waals surface area contributed by atoms with Gasteiger partial charge < -0.3 is 4.74 Å². The molecule has 0 atom stereocenters. The SMILES string of the molecule is CCOC(=O)N(O)c1ccccc1C. The van der Waals surface area contributed by atoms with Gasteiger partial charge in [-0.15, -0.1) is 0 Å². The van der Waals surface area contributed by atoms with E-state index in [1.165, 1.54) is 0 Å². The average molecular weight is 195 g/mol. The smallest absolute Gasteiger partial charge is 0.438 e. The number of para-hydroxylation sites is 1. The van der Waals surface area contributed by atoms with Crippen LogP contribution in [0.5, 0.6) is 0 Å². The average Bonchev–Trinajstić information content (AvgIpc) is 2.18. The number of carbonyl (C=O) groups excluding carboxylic acids is 1. The zero-order valence-corrected chi connectivity index (χ0v) is 8.23. The number of nitrogens with zero attached hydrogens (tertiary/aromatic N) is 1. The normalized spacial score (nSPS) is 9.64. The van der Waals surface area contributed by atoms with E-state index in [1.807, 2.05) is 6.07 Å².